The minimum Gasteiger partial charge on any atom is -0.345 e. The Bertz CT molecular complexity index is 1940. The second-order valence-corrected chi connectivity index (χ2v) is 10.7. The van der Waals surface area contributed by atoms with Gasteiger partial charge in [0.1, 0.15) is 0 Å². The summed E-state index contributed by atoms with van der Waals surface area (Å²) in [6.45, 7) is 8.62. The Morgan fingerprint density at radius 3 is 1.40 bits per heavy atom. The van der Waals surface area contributed by atoms with Crippen molar-refractivity contribution in [2.45, 2.75) is 0 Å². The molecule has 0 radical (unpaired) electrons. The first kappa shape index (κ1) is 27.6. The summed E-state index contributed by atoms with van der Waals surface area (Å²) in [5.41, 5.74) is 7.22. The van der Waals surface area contributed by atoms with Crippen molar-refractivity contribution in [1.82, 2.24) is 0 Å². The highest BCUT2D eigenvalue weighted by Gasteiger charge is 2.14. The van der Waals surface area contributed by atoms with Gasteiger partial charge < -0.3 is 14.7 Å². The summed E-state index contributed by atoms with van der Waals surface area (Å²) in [5.74, 6) is 0. The number of hydrogen-bond acceptors (Lipinski definition) is 3. The van der Waals surface area contributed by atoms with Crippen LogP contribution in [0, 0.1) is 0 Å². The molecule has 0 N–H and O–H groups in total. The predicted octanol–water partition coefficient (Wildman–Crippen LogP) is 10.6. The molecule has 0 aromatic heterocycles. The maximum atomic E-state index is 4.33. The Hall–Kier alpha value is -5.54. The van der Waals surface area contributed by atoms with Crippen LogP contribution in [0.3, 0.4) is 0 Å². The summed E-state index contributed by atoms with van der Waals surface area (Å²) in [4.78, 5) is 6.47. The number of hydrogen-bond donors (Lipinski definition) is 0. The number of anilines is 5. The van der Waals surface area contributed by atoms with E-state index in [4.69, 9.17) is 0 Å². The highest BCUT2D eigenvalue weighted by Crippen LogP contribution is 2.37. The van der Waals surface area contributed by atoms with E-state index in [1.54, 1.807) is 0 Å². The number of para-hydroxylation sites is 1. The molecule has 0 saturated heterocycles. The molecule has 0 unspecified atom stereocenters. The van der Waals surface area contributed by atoms with Gasteiger partial charge in [-0.05, 0) is 94.4 Å². The third-order valence-corrected chi connectivity index (χ3v) is 7.95. The standard InChI is InChI=1S/C40H35N3/c1-30(18-19-31(2)42(4)39-22-20-32-12-8-10-14-34(32)28-39)41(3)36-24-26-38(27-25-36)43(37-16-6-5-7-17-37)40-23-21-33-13-9-11-15-35(33)29-40/h5-29H,1-2H2,3-4H3. The van der Waals surface area contributed by atoms with Crippen LogP contribution in [0.5, 0.6) is 0 Å². The summed E-state index contributed by atoms with van der Waals surface area (Å²) < 4.78 is 0. The molecule has 0 bridgehead atoms. The van der Waals surface area contributed by atoms with Crippen molar-refractivity contribution in [2.24, 2.45) is 0 Å². The maximum Gasteiger partial charge on any atom is 0.0468 e. The molecule has 210 valence electrons. The number of allylic oxidation sites excluding steroid dienone is 2. The Kier molecular flexibility index (Phi) is 7.80. The molecule has 6 rings (SSSR count). The van der Waals surface area contributed by atoms with Gasteiger partial charge in [-0.3, -0.25) is 0 Å². The lowest BCUT2D eigenvalue weighted by atomic mass is 10.1. The number of likely N-dealkylation sites (N-methyl/N-ethyl adjacent to an activating group) is 2. The van der Waals surface area contributed by atoms with Crippen molar-refractivity contribution in [3.63, 3.8) is 0 Å². The molecule has 0 saturated carbocycles. The summed E-state index contributed by atoms with van der Waals surface area (Å²) >= 11 is 0. The Balaban J connectivity index is 1.19. The molecular weight excluding hydrogens is 522 g/mol. The summed E-state index contributed by atoms with van der Waals surface area (Å²) in [5, 5.41) is 4.89. The molecule has 6 aromatic rings. The molecule has 3 heteroatoms. The lowest BCUT2D eigenvalue weighted by Gasteiger charge is -2.27. The second-order valence-electron chi connectivity index (χ2n) is 10.7. The first-order chi connectivity index (χ1) is 21.0. The van der Waals surface area contributed by atoms with Crippen molar-refractivity contribution in [2.75, 3.05) is 28.8 Å². The van der Waals surface area contributed by atoms with E-state index >= 15 is 0 Å². The molecular formula is C40H35N3. The molecule has 0 aliphatic carbocycles. The van der Waals surface area contributed by atoms with Crippen LogP contribution in [0.1, 0.15) is 0 Å². The van der Waals surface area contributed by atoms with Crippen molar-refractivity contribution < 1.29 is 0 Å². The number of rotatable bonds is 9. The Labute approximate surface area is 254 Å². The van der Waals surface area contributed by atoms with Gasteiger partial charge in [0.25, 0.3) is 0 Å². The highest BCUT2D eigenvalue weighted by atomic mass is 15.1. The van der Waals surface area contributed by atoms with Crippen LogP contribution in [-0.2, 0) is 0 Å². The lowest BCUT2D eigenvalue weighted by molar-refractivity contribution is 1.12. The van der Waals surface area contributed by atoms with E-state index in [1.165, 1.54) is 21.5 Å². The molecule has 0 amide bonds. The van der Waals surface area contributed by atoms with Gasteiger partial charge in [-0.15, -0.1) is 0 Å². The molecule has 0 spiro atoms. The van der Waals surface area contributed by atoms with E-state index in [-0.39, 0.29) is 0 Å². The van der Waals surface area contributed by atoms with Gasteiger partial charge in [0.2, 0.25) is 0 Å². The van der Waals surface area contributed by atoms with E-state index in [0.717, 1.165) is 39.8 Å². The van der Waals surface area contributed by atoms with Crippen molar-refractivity contribution >= 4 is 50.0 Å². The SMILES string of the molecule is C=C(C=CC(=C)N(C)c1ccc2ccccc2c1)N(C)c1ccc(N(c2ccccc2)c2ccc3ccccc3c2)cc1. The van der Waals surface area contributed by atoms with Crippen LogP contribution < -0.4 is 14.7 Å². The Morgan fingerprint density at radius 1 is 0.419 bits per heavy atom. The third-order valence-electron chi connectivity index (χ3n) is 7.95. The molecule has 0 fully saturated rings. The molecule has 0 aliphatic heterocycles. The zero-order valence-corrected chi connectivity index (χ0v) is 24.7. The van der Waals surface area contributed by atoms with Gasteiger partial charge in [-0.1, -0.05) is 92.0 Å². The number of nitrogens with zero attached hydrogens (tertiary/aromatic N) is 3. The van der Waals surface area contributed by atoms with Gasteiger partial charge >= 0.3 is 0 Å². The van der Waals surface area contributed by atoms with Crippen LogP contribution in [0.25, 0.3) is 21.5 Å². The van der Waals surface area contributed by atoms with Gasteiger partial charge in [0.05, 0.1) is 0 Å². The van der Waals surface area contributed by atoms with E-state index in [9.17, 15) is 0 Å². The summed E-state index contributed by atoms with van der Waals surface area (Å²) in [7, 11) is 4.08. The summed E-state index contributed by atoms with van der Waals surface area (Å²) in [6.07, 6.45) is 4.03. The topological polar surface area (TPSA) is 9.72 Å². The van der Waals surface area contributed by atoms with Crippen LogP contribution in [0.4, 0.5) is 28.4 Å². The van der Waals surface area contributed by atoms with Crippen LogP contribution in [-0.4, -0.2) is 14.1 Å². The van der Waals surface area contributed by atoms with Gasteiger partial charge in [0.15, 0.2) is 0 Å². The largest absolute Gasteiger partial charge is 0.345 e. The zero-order valence-electron chi connectivity index (χ0n) is 24.7. The monoisotopic (exact) mass is 557 g/mol. The van der Waals surface area contributed by atoms with Crippen LogP contribution >= 0.6 is 0 Å². The zero-order chi connectivity index (χ0) is 29.8. The fraction of sp³-hybridized carbons (Fsp3) is 0.0500. The fourth-order valence-corrected chi connectivity index (χ4v) is 5.30. The van der Waals surface area contributed by atoms with Gasteiger partial charge in [-0.2, -0.15) is 0 Å². The molecule has 6 aromatic carbocycles. The van der Waals surface area contributed by atoms with Crippen molar-refractivity contribution in [3.05, 3.63) is 176 Å². The molecule has 0 aliphatic rings. The van der Waals surface area contributed by atoms with Crippen molar-refractivity contribution in [1.29, 1.82) is 0 Å². The van der Waals surface area contributed by atoms with E-state index in [0.29, 0.717) is 0 Å². The highest BCUT2D eigenvalue weighted by molar-refractivity contribution is 5.89. The molecule has 0 heterocycles. The minimum atomic E-state index is 0.871. The summed E-state index contributed by atoms with van der Waals surface area (Å²) in [6, 6.07) is 49.0. The molecule has 0 atom stereocenters. The average Bonchev–Trinajstić information content (AvgIpc) is 3.07. The molecule has 43 heavy (non-hydrogen) atoms. The quantitative estimate of drug-likeness (QED) is 0.164. The lowest BCUT2D eigenvalue weighted by Crippen LogP contribution is -2.16. The van der Waals surface area contributed by atoms with E-state index in [1.807, 2.05) is 32.3 Å². The molecule has 3 nitrogen and oxygen atoms in total. The first-order valence-electron chi connectivity index (χ1n) is 14.4. The van der Waals surface area contributed by atoms with Gasteiger partial charge in [0, 0.05) is 53.9 Å². The van der Waals surface area contributed by atoms with Crippen molar-refractivity contribution in [3.8, 4) is 0 Å². The number of fused-ring (bicyclic) bond motifs is 2. The third kappa shape index (κ3) is 5.93. The second kappa shape index (κ2) is 12.1. The smallest absolute Gasteiger partial charge is 0.0468 e. The maximum absolute atomic E-state index is 4.33. The minimum absolute atomic E-state index is 0.871. The predicted molar refractivity (Wildman–Crippen MR) is 187 cm³/mol. The fourth-order valence-electron chi connectivity index (χ4n) is 5.30. The number of benzene rings is 6. The van der Waals surface area contributed by atoms with Crippen LogP contribution in [0.2, 0.25) is 0 Å². The van der Waals surface area contributed by atoms with Gasteiger partial charge in [-0.25, -0.2) is 0 Å². The first-order valence-corrected chi connectivity index (χ1v) is 14.4. The Morgan fingerprint density at radius 2 is 0.814 bits per heavy atom. The van der Waals surface area contributed by atoms with E-state index < -0.39 is 0 Å². The average molecular weight is 558 g/mol. The van der Waals surface area contributed by atoms with Crippen LogP contribution in [0.15, 0.2) is 176 Å². The normalized spacial score (nSPS) is 11.1. The van der Waals surface area contributed by atoms with E-state index in [2.05, 4.69) is 161 Å².